The van der Waals surface area contributed by atoms with Crippen molar-refractivity contribution in [2.24, 2.45) is 0 Å². The first-order chi connectivity index (χ1) is 13.2. The van der Waals surface area contributed by atoms with Gasteiger partial charge < -0.3 is 4.90 Å². The van der Waals surface area contributed by atoms with Crippen molar-refractivity contribution >= 4 is 5.91 Å². The van der Waals surface area contributed by atoms with Crippen molar-refractivity contribution in [3.63, 3.8) is 0 Å². The summed E-state index contributed by atoms with van der Waals surface area (Å²) in [5.74, 6) is 0.308. The van der Waals surface area contributed by atoms with Crippen LogP contribution in [0.4, 0.5) is 4.39 Å². The molecule has 2 saturated heterocycles. The van der Waals surface area contributed by atoms with E-state index in [2.05, 4.69) is 21.8 Å². The fourth-order valence-corrected chi connectivity index (χ4v) is 3.76. The smallest absolute Gasteiger partial charge is 0.253 e. The fraction of sp³-hybridized carbons (Fsp3) is 0.381. The molecule has 2 N–H and O–H groups in total. The number of amides is 1. The Labute approximate surface area is 159 Å². The van der Waals surface area contributed by atoms with E-state index in [9.17, 15) is 9.18 Å². The predicted octanol–water partition coefficient (Wildman–Crippen LogP) is 1.98. The summed E-state index contributed by atoms with van der Waals surface area (Å²) in [7, 11) is 0. The van der Waals surface area contributed by atoms with Crippen molar-refractivity contribution in [3.05, 3.63) is 71.0 Å². The molecule has 0 aliphatic carbocycles. The number of carbonyl (C=O) groups excluding carboxylic acids is 1. The minimum atomic E-state index is -0.208. The highest BCUT2D eigenvalue weighted by Gasteiger charge is 2.23. The molecule has 0 atom stereocenters. The van der Waals surface area contributed by atoms with Crippen molar-refractivity contribution < 1.29 is 9.18 Å². The lowest BCUT2D eigenvalue weighted by atomic mass is 9.98. The van der Waals surface area contributed by atoms with E-state index in [1.54, 1.807) is 0 Å². The lowest BCUT2D eigenvalue weighted by Crippen LogP contribution is -2.48. The minimum Gasteiger partial charge on any atom is -0.336 e. The van der Waals surface area contributed by atoms with Crippen molar-refractivity contribution in [2.45, 2.75) is 12.5 Å². The van der Waals surface area contributed by atoms with Crippen LogP contribution in [0.25, 0.3) is 0 Å². The third-order valence-electron chi connectivity index (χ3n) is 5.41. The van der Waals surface area contributed by atoms with Crippen LogP contribution in [-0.2, 0) is 6.54 Å². The first-order valence-electron chi connectivity index (χ1n) is 9.51. The van der Waals surface area contributed by atoms with Gasteiger partial charge >= 0.3 is 0 Å². The molecule has 0 radical (unpaired) electrons. The molecule has 27 heavy (non-hydrogen) atoms. The van der Waals surface area contributed by atoms with Crippen LogP contribution in [0.2, 0.25) is 0 Å². The van der Waals surface area contributed by atoms with Gasteiger partial charge in [0.2, 0.25) is 0 Å². The van der Waals surface area contributed by atoms with Gasteiger partial charge in [-0.15, -0.1) is 0 Å². The molecule has 0 unspecified atom stereocenters. The summed E-state index contributed by atoms with van der Waals surface area (Å²) >= 11 is 0. The highest BCUT2D eigenvalue weighted by atomic mass is 19.1. The number of hydrazine groups is 1. The molecule has 4 rings (SSSR count). The Morgan fingerprint density at radius 2 is 1.70 bits per heavy atom. The monoisotopic (exact) mass is 368 g/mol. The number of hydrogen-bond donors (Lipinski definition) is 2. The third-order valence-corrected chi connectivity index (χ3v) is 5.41. The van der Waals surface area contributed by atoms with Gasteiger partial charge in [0.25, 0.3) is 5.91 Å². The van der Waals surface area contributed by atoms with E-state index in [-0.39, 0.29) is 11.7 Å². The van der Waals surface area contributed by atoms with Crippen LogP contribution in [0.3, 0.4) is 0 Å². The van der Waals surface area contributed by atoms with Gasteiger partial charge in [0, 0.05) is 57.3 Å². The van der Waals surface area contributed by atoms with Crippen LogP contribution in [0.15, 0.2) is 48.5 Å². The Bertz CT molecular complexity index is 781. The molecule has 0 spiro atoms. The summed E-state index contributed by atoms with van der Waals surface area (Å²) < 4.78 is 13.0. The molecule has 0 saturated carbocycles. The molecule has 2 aliphatic rings. The van der Waals surface area contributed by atoms with Crippen molar-refractivity contribution in [2.75, 3.05) is 39.3 Å². The Balaban J connectivity index is 1.34. The van der Waals surface area contributed by atoms with Crippen LogP contribution < -0.4 is 10.9 Å². The molecule has 0 bridgehead atoms. The molecular weight excluding hydrogens is 343 g/mol. The Kier molecular flexibility index (Phi) is 5.48. The summed E-state index contributed by atoms with van der Waals surface area (Å²) in [6.45, 7) is 5.67. The Morgan fingerprint density at radius 1 is 1.00 bits per heavy atom. The number of nitrogens with zero attached hydrogens (tertiary/aromatic N) is 2. The number of hydrogen-bond acceptors (Lipinski definition) is 4. The number of rotatable bonds is 4. The maximum atomic E-state index is 13.0. The molecule has 0 aromatic heterocycles. The largest absolute Gasteiger partial charge is 0.336 e. The van der Waals surface area contributed by atoms with Crippen LogP contribution >= 0.6 is 0 Å². The number of piperazine rings is 1. The van der Waals surface area contributed by atoms with Gasteiger partial charge in [-0.1, -0.05) is 24.3 Å². The van der Waals surface area contributed by atoms with Crippen LogP contribution in [0.1, 0.15) is 27.4 Å². The van der Waals surface area contributed by atoms with Gasteiger partial charge in [0.1, 0.15) is 5.82 Å². The first-order valence-corrected chi connectivity index (χ1v) is 9.51. The average Bonchev–Trinajstić information content (AvgIpc) is 3.25. The third kappa shape index (κ3) is 4.35. The van der Waals surface area contributed by atoms with E-state index >= 15 is 0 Å². The number of halogens is 1. The molecule has 5 nitrogen and oxygen atoms in total. The predicted molar refractivity (Wildman–Crippen MR) is 103 cm³/mol. The van der Waals surface area contributed by atoms with Gasteiger partial charge in [-0.3, -0.25) is 20.5 Å². The van der Waals surface area contributed by atoms with Gasteiger partial charge in [-0.2, -0.15) is 0 Å². The van der Waals surface area contributed by atoms with Crippen molar-refractivity contribution in [1.82, 2.24) is 20.7 Å². The summed E-state index contributed by atoms with van der Waals surface area (Å²) in [4.78, 5) is 17.1. The van der Waals surface area contributed by atoms with Gasteiger partial charge in [-0.25, -0.2) is 4.39 Å². The summed E-state index contributed by atoms with van der Waals surface area (Å²) in [5, 5.41) is 0. The van der Waals surface area contributed by atoms with Gasteiger partial charge in [0.15, 0.2) is 0 Å². The summed E-state index contributed by atoms with van der Waals surface area (Å²) in [5.41, 5.74) is 9.35. The average molecular weight is 368 g/mol. The Morgan fingerprint density at radius 3 is 2.41 bits per heavy atom. The van der Waals surface area contributed by atoms with E-state index < -0.39 is 0 Å². The van der Waals surface area contributed by atoms with E-state index in [0.29, 0.717) is 5.92 Å². The molecule has 142 valence electrons. The zero-order valence-corrected chi connectivity index (χ0v) is 15.3. The Hall–Kier alpha value is -2.28. The van der Waals surface area contributed by atoms with E-state index in [1.165, 1.54) is 17.7 Å². The van der Waals surface area contributed by atoms with Crippen LogP contribution in [-0.4, -0.2) is 55.0 Å². The summed E-state index contributed by atoms with van der Waals surface area (Å²) in [6.07, 6.45) is 0. The molecule has 6 heteroatoms. The fourth-order valence-electron chi connectivity index (χ4n) is 3.76. The topological polar surface area (TPSA) is 47.6 Å². The lowest BCUT2D eigenvalue weighted by molar-refractivity contribution is 0.0628. The second kappa shape index (κ2) is 8.17. The van der Waals surface area contributed by atoms with E-state index in [4.69, 9.17) is 0 Å². The second-order valence-corrected chi connectivity index (χ2v) is 7.28. The maximum absolute atomic E-state index is 13.0. The lowest BCUT2D eigenvalue weighted by Gasteiger charge is -2.35. The van der Waals surface area contributed by atoms with E-state index in [1.807, 2.05) is 35.2 Å². The van der Waals surface area contributed by atoms with Gasteiger partial charge in [0.05, 0.1) is 0 Å². The summed E-state index contributed by atoms with van der Waals surface area (Å²) in [6, 6.07) is 14.7. The number of nitrogens with one attached hydrogen (secondary N) is 2. The first kappa shape index (κ1) is 18.1. The molecule has 2 aromatic rings. The molecule has 1 amide bonds. The quantitative estimate of drug-likeness (QED) is 0.866. The normalized spacial score (nSPS) is 18.8. The molecule has 2 aromatic carbocycles. The zero-order chi connectivity index (χ0) is 18.6. The maximum Gasteiger partial charge on any atom is 0.253 e. The molecule has 2 aliphatic heterocycles. The molecule has 2 fully saturated rings. The van der Waals surface area contributed by atoms with Crippen LogP contribution in [0, 0.1) is 5.82 Å². The van der Waals surface area contributed by atoms with Gasteiger partial charge in [-0.05, 0) is 35.4 Å². The number of benzene rings is 2. The SMILES string of the molecule is O=C(c1cccc(C2CNNC2)c1)N1CCN(Cc2ccc(F)cc2)CC1. The minimum absolute atomic E-state index is 0.109. The second-order valence-electron chi connectivity index (χ2n) is 7.28. The van der Waals surface area contributed by atoms with Crippen molar-refractivity contribution in [3.8, 4) is 0 Å². The highest BCUT2D eigenvalue weighted by Crippen LogP contribution is 2.19. The standard InChI is InChI=1S/C21H25FN4O/c22-20-6-4-16(5-7-20)15-25-8-10-26(11-9-25)21(27)18-3-1-2-17(12-18)19-13-23-24-14-19/h1-7,12,19,23-24H,8-11,13-15H2. The molecule has 2 heterocycles. The highest BCUT2D eigenvalue weighted by molar-refractivity contribution is 5.94. The van der Waals surface area contributed by atoms with Crippen molar-refractivity contribution in [1.29, 1.82) is 0 Å². The zero-order valence-electron chi connectivity index (χ0n) is 15.3. The molecular formula is C21H25FN4O. The van der Waals surface area contributed by atoms with E-state index in [0.717, 1.165) is 56.9 Å². The number of carbonyl (C=O) groups is 1. The van der Waals surface area contributed by atoms with Crippen LogP contribution in [0.5, 0.6) is 0 Å².